The Bertz CT molecular complexity index is 849. The zero-order valence-corrected chi connectivity index (χ0v) is 15.7. The molecule has 0 aliphatic rings. The van der Waals surface area contributed by atoms with Gasteiger partial charge in [0, 0.05) is 45.6 Å². The van der Waals surface area contributed by atoms with Crippen molar-refractivity contribution in [3.8, 4) is 0 Å². The summed E-state index contributed by atoms with van der Waals surface area (Å²) in [5.41, 5.74) is 2.07. The molecule has 2 rings (SSSR count). The zero-order chi connectivity index (χ0) is 18.6. The quantitative estimate of drug-likeness (QED) is 0.788. The van der Waals surface area contributed by atoms with Gasteiger partial charge in [-0.1, -0.05) is 6.07 Å². The van der Waals surface area contributed by atoms with Crippen molar-refractivity contribution in [2.45, 2.75) is 18.2 Å². The summed E-state index contributed by atoms with van der Waals surface area (Å²) in [6, 6.07) is 8.60. The topological polar surface area (TPSA) is 70.6 Å². The molecule has 0 bridgehead atoms. The Labute approximate surface area is 149 Å². The maximum atomic E-state index is 12.6. The Kier molecular flexibility index (Phi) is 5.92. The van der Waals surface area contributed by atoms with Crippen LogP contribution in [-0.4, -0.2) is 56.2 Å². The van der Waals surface area contributed by atoms with Crippen molar-refractivity contribution in [3.63, 3.8) is 0 Å². The van der Waals surface area contributed by atoms with E-state index in [1.807, 2.05) is 12.1 Å². The lowest BCUT2D eigenvalue weighted by Gasteiger charge is -2.19. The van der Waals surface area contributed by atoms with Crippen LogP contribution in [0.15, 0.2) is 47.6 Å². The standard InChI is InChI=1S/C18H23N3O3S/c1-14-5-6-16(13-17(14)25(23,24)20(2)3)18(22)21(4)12-9-15-7-10-19-11-8-15/h5-8,10-11,13H,9,12H2,1-4H3. The minimum atomic E-state index is -3.59. The van der Waals surface area contributed by atoms with Crippen molar-refractivity contribution in [2.24, 2.45) is 0 Å². The molecule has 7 heteroatoms. The molecule has 1 heterocycles. The highest BCUT2D eigenvalue weighted by Gasteiger charge is 2.22. The summed E-state index contributed by atoms with van der Waals surface area (Å²) < 4.78 is 26.0. The third-order valence-corrected chi connectivity index (χ3v) is 5.98. The fourth-order valence-corrected chi connectivity index (χ4v) is 3.52. The van der Waals surface area contributed by atoms with Gasteiger partial charge < -0.3 is 4.90 Å². The number of benzene rings is 1. The third-order valence-electron chi connectivity index (χ3n) is 4.03. The molecule has 25 heavy (non-hydrogen) atoms. The molecule has 0 fully saturated rings. The third kappa shape index (κ3) is 4.43. The van der Waals surface area contributed by atoms with Crippen LogP contribution in [0, 0.1) is 6.92 Å². The molecule has 0 spiro atoms. The fourth-order valence-electron chi connectivity index (χ4n) is 2.38. The number of hydrogen-bond donors (Lipinski definition) is 0. The molecule has 0 N–H and O–H groups in total. The normalized spacial score (nSPS) is 11.6. The highest BCUT2D eigenvalue weighted by Crippen LogP contribution is 2.20. The smallest absolute Gasteiger partial charge is 0.253 e. The maximum Gasteiger partial charge on any atom is 0.253 e. The number of sulfonamides is 1. The van der Waals surface area contributed by atoms with E-state index >= 15 is 0 Å². The molecule has 0 aliphatic carbocycles. The highest BCUT2D eigenvalue weighted by molar-refractivity contribution is 7.89. The summed E-state index contributed by atoms with van der Waals surface area (Å²) in [5.74, 6) is -0.204. The molecule has 134 valence electrons. The lowest BCUT2D eigenvalue weighted by Crippen LogP contribution is -2.29. The van der Waals surface area contributed by atoms with Gasteiger partial charge in [-0.3, -0.25) is 9.78 Å². The van der Waals surface area contributed by atoms with Gasteiger partial charge in [-0.05, 0) is 48.7 Å². The van der Waals surface area contributed by atoms with E-state index in [-0.39, 0.29) is 10.8 Å². The Morgan fingerprint density at radius 1 is 1.08 bits per heavy atom. The molecular formula is C18H23N3O3S. The van der Waals surface area contributed by atoms with E-state index in [4.69, 9.17) is 0 Å². The van der Waals surface area contributed by atoms with Crippen LogP contribution in [0.3, 0.4) is 0 Å². The van der Waals surface area contributed by atoms with Crippen molar-refractivity contribution in [1.29, 1.82) is 0 Å². The van der Waals surface area contributed by atoms with Gasteiger partial charge in [0.25, 0.3) is 5.91 Å². The lowest BCUT2D eigenvalue weighted by atomic mass is 10.1. The monoisotopic (exact) mass is 361 g/mol. The van der Waals surface area contributed by atoms with Crippen LogP contribution in [0.5, 0.6) is 0 Å². The number of aryl methyl sites for hydroxylation is 1. The lowest BCUT2D eigenvalue weighted by molar-refractivity contribution is 0.0796. The molecule has 1 amide bonds. The van der Waals surface area contributed by atoms with Crippen molar-refractivity contribution in [1.82, 2.24) is 14.2 Å². The van der Waals surface area contributed by atoms with Gasteiger partial charge in [0.2, 0.25) is 10.0 Å². The van der Waals surface area contributed by atoms with Gasteiger partial charge in [-0.15, -0.1) is 0 Å². The summed E-state index contributed by atoms with van der Waals surface area (Å²) in [4.78, 5) is 18.4. The van der Waals surface area contributed by atoms with E-state index in [9.17, 15) is 13.2 Å². The first kappa shape index (κ1) is 19.1. The van der Waals surface area contributed by atoms with Gasteiger partial charge >= 0.3 is 0 Å². The highest BCUT2D eigenvalue weighted by atomic mass is 32.2. The van der Waals surface area contributed by atoms with Crippen molar-refractivity contribution in [3.05, 3.63) is 59.4 Å². The SMILES string of the molecule is Cc1ccc(C(=O)N(C)CCc2ccncc2)cc1S(=O)(=O)N(C)C. The predicted molar refractivity (Wildman–Crippen MR) is 97.0 cm³/mol. The van der Waals surface area contributed by atoms with Crippen LogP contribution in [0.2, 0.25) is 0 Å². The Morgan fingerprint density at radius 2 is 1.72 bits per heavy atom. The van der Waals surface area contributed by atoms with Gasteiger partial charge in [-0.25, -0.2) is 12.7 Å². The van der Waals surface area contributed by atoms with Crippen LogP contribution < -0.4 is 0 Å². The molecular weight excluding hydrogens is 338 g/mol. The molecule has 1 aromatic carbocycles. The van der Waals surface area contributed by atoms with E-state index in [1.165, 1.54) is 20.2 Å². The van der Waals surface area contributed by atoms with Crippen LogP contribution in [-0.2, 0) is 16.4 Å². The molecule has 0 unspecified atom stereocenters. The zero-order valence-electron chi connectivity index (χ0n) is 14.9. The number of rotatable bonds is 6. The number of carbonyl (C=O) groups excluding carboxylic acids is 1. The number of carbonyl (C=O) groups is 1. The number of pyridine rings is 1. The van der Waals surface area contributed by atoms with E-state index in [0.717, 1.165) is 9.87 Å². The van der Waals surface area contributed by atoms with Crippen LogP contribution in [0.25, 0.3) is 0 Å². The summed E-state index contributed by atoms with van der Waals surface area (Å²) in [7, 11) is 1.08. The van der Waals surface area contributed by atoms with Gasteiger partial charge in [0.1, 0.15) is 0 Å². The Morgan fingerprint density at radius 3 is 2.32 bits per heavy atom. The van der Waals surface area contributed by atoms with Crippen molar-refractivity contribution >= 4 is 15.9 Å². The molecule has 2 aromatic rings. The second-order valence-corrected chi connectivity index (χ2v) is 8.22. The van der Waals surface area contributed by atoms with Crippen molar-refractivity contribution < 1.29 is 13.2 Å². The largest absolute Gasteiger partial charge is 0.341 e. The molecule has 0 atom stereocenters. The van der Waals surface area contributed by atoms with Gasteiger partial charge in [-0.2, -0.15) is 0 Å². The predicted octanol–water partition coefficient (Wildman–Crippen LogP) is 1.96. The summed E-state index contributed by atoms with van der Waals surface area (Å²) in [6.45, 7) is 2.25. The van der Waals surface area contributed by atoms with E-state index in [0.29, 0.717) is 24.1 Å². The molecule has 0 radical (unpaired) electrons. The van der Waals surface area contributed by atoms with Gasteiger partial charge in [0.05, 0.1) is 4.90 Å². The second kappa shape index (κ2) is 7.76. The Balaban J connectivity index is 2.19. The van der Waals surface area contributed by atoms with Gasteiger partial charge in [0.15, 0.2) is 0 Å². The summed E-state index contributed by atoms with van der Waals surface area (Å²) in [6.07, 6.45) is 4.14. The first-order valence-corrected chi connectivity index (χ1v) is 9.35. The number of nitrogens with zero attached hydrogens (tertiary/aromatic N) is 3. The van der Waals surface area contributed by atoms with Crippen LogP contribution >= 0.6 is 0 Å². The van der Waals surface area contributed by atoms with Crippen molar-refractivity contribution in [2.75, 3.05) is 27.7 Å². The number of aromatic nitrogens is 1. The molecule has 0 saturated heterocycles. The average Bonchev–Trinajstić information content (AvgIpc) is 2.60. The minimum absolute atomic E-state index is 0.158. The molecule has 6 nitrogen and oxygen atoms in total. The first-order chi connectivity index (χ1) is 11.7. The number of amides is 1. The minimum Gasteiger partial charge on any atom is -0.341 e. The van der Waals surface area contributed by atoms with Crippen LogP contribution in [0.1, 0.15) is 21.5 Å². The van der Waals surface area contributed by atoms with E-state index in [2.05, 4.69) is 4.98 Å². The van der Waals surface area contributed by atoms with E-state index < -0.39 is 10.0 Å². The summed E-state index contributed by atoms with van der Waals surface area (Å²) >= 11 is 0. The molecule has 0 aliphatic heterocycles. The maximum absolute atomic E-state index is 12.6. The van der Waals surface area contributed by atoms with E-state index in [1.54, 1.807) is 43.4 Å². The number of hydrogen-bond acceptors (Lipinski definition) is 4. The average molecular weight is 361 g/mol. The Hall–Kier alpha value is -2.25. The van der Waals surface area contributed by atoms with Crippen LogP contribution in [0.4, 0.5) is 0 Å². The first-order valence-electron chi connectivity index (χ1n) is 7.91. The molecule has 0 saturated carbocycles. The molecule has 1 aromatic heterocycles. The summed E-state index contributed by atoms with van der Waals surface area (Å²) in [5, 5.41) is 0. The number of likely N-dealkylation sites (N-methyl/N-ethyl adjacent to an activating group) is 1. The fraction of sp³-hybridized carbons (Fsp3) is 0.333. The second-order valence-electron chi connectivity index (χ2n) is 6.10.